The monoisotopic (exact) mass is 221 g/mol. The quantitative estimate of drug-likeness (QED) is 0.805. The minimum absolute atomic E-state index is 0.225. The van der Waals surface area contributed by atoms with E-state index in [-0.39, 0.29) is 6.10 Å². The number of nitrogens with zero attached hydrogens (tertiary/aromatic N) is 1. The van der Waals surface area contributed by atoms with E-state index in [1.54, 1.807) is 0 Å². The van der Waals surface area contributed by atoms with Gasteiger partial charge in [0.15, 0.2) is 0 Å². The maximum absolute atomic E-state index is 10.0. The zero-order valence-corrected chi connectivity index (χ0v) is 9.42. The number of piperidine rings is 1. The SMILES string of the molecule is O[C@@H]1CCCN(C[C@@H](O)c2ccccc2)C1. The Kier molecular flexibility index (Phi) is 3.93. The molecule has 0 radical (unpaired) electrons. The van der Waals surface area contributed by atoms with Crippen LogP contribution in [0.5, 0.6) is 0 Å². The molecular weight excluding hydrogens is 202 g/mol. The number of benzene rings is 1. The second-order valence-corrected chi connectivity index (χ2v) is 4.48. The Balaban J connectivity index is 1.89. The molecule has 1 saturated heterocycles. The van der Waals surface area contributed by atoms with Crippen LogP contribution in [0.4, 0.5) is 0 Å². The number of β-amino-alcohol motifs (C(OH)–C–C–N with tert-alkyl or cyclic N) is 2. The van der Waals surface area contributed by atoms with E-state index in [1.165, 1.54) is 0 Å². The summed E-state index contributed by atoms with van der Waals surface area (Å²) in [5.74, 6) is 0. The third kappa shape index (κ3) is 3.04. The van der Waals surface area contributed by atoms with Crippen LogP contribution in [-0.2, 0) is 0 Å². The van der Waals surface area contributed by atoms with E-state index in [0.717, 1.165) is 24.9 Å². The normalized spacial score (nSPS) is 24.2. The van der Waals surface area contributed by atoms with Gasteiger partial charge < -0.3 is 10.2 Å². The fraction of sp³-hybridized carbons (Fsp3) is 0.538. The van der Waals surface area contributed by atoms with E-state index >= 15 is 0 Å². The summed E-state index contributed by atoms with van der Waals surface area (Å²) in [6, 6.07) is 9.68. The molecule has 0 spiro atoms. The van der Waals surface area contributed by atoms with Gasteiger partial charge in [-0.05, 0) is 24.9 Å². The second-order valence-electron chi connectivity index (χ2n) is 4.48. The molecule has 0 aromatic heterocycles. The smallest absolute Gasteiger partial charge is 0.0916 e. The molecule has 0 unspecified atom stereocenters. The van der Waals surface area contributed by atoms with Crippen LogP contribution in [0.15, 0.2) is 30.3 Å². The molecule has 0 saturated carbocycles. The summed E-state index contributed by atoms with van der Waals surface area (Å²) in [7, 11) is 0. The van der Waals surface area contributed by atoms with Gasteiger partial charge in [-0.15, -0.1) is 0 Å². The van der Waals surface area contributed by atoms with Crippen molar-refractivity contribution in [2.75, 3.05) is 19.6 Å². The van der Waals surface area contributed by atoms with Crippen LogP contribution in [0, 0.1) is 0 Å². The highest BCUT2D eigenvalue weighted by Crippen LogP contribution is 2.17. The number of likely N-dealkylation sites (tertiary alicyclic amines) is 1. The summed E-state index contributed by atoms with van der Waals surface area (Å²) >= 11 is 0. The molecule has 0 bridgehead atoms. The molecule has 1 aromatic rings. The molecule has 2 atom stereocenters. The third-order valence-corrected chi connectivity index (χ3v) is 3.10. The number of rotatable bonds is 3. The van der Waals surface area contributed by atoms with Crippen molar-refractivity contribution < 1.29 is 10.2 Å². The Bertz CT molecular complexity index is 315. The van der Waals surface area contributed by atoms with Crippen LogP contribution < -0.4 is 0 Å². The molecule has 1 aliphatic heterocycles. The number of hydrogen-bond acceptors (Lipinski definition) is 3. The van der Waals surface area contributed by atoms with E-state index in [2.05, 4.69) is 4.90 Å². The molecular formula is C13H19NO2. The molecule has 1 heterocycles. The van der Waals surface area contributed by atoms with Crippen LogP contribution in [0.3, 0.4) is 0 Å². The predicted molar refractivity (Wildman–Crippen MR) is 63.1 cm³/mol. The van der Waals surface area contributed by atoms with Crippen LogP contribution >= 0.6 is 0 Å². The Labute approximate surface area is 96.3 Å². The maximum Gasteiger partial charge on any atom is 0.0916 e. The lowest BCUT2D eigenvalue weighted by molar-refractivity contribution is 0.0392. The van der Waals surface area contributed by atoms with Crippen molar-refractivity contribution in [1.82, 2.24) is 4.90 Å². The minimum atomic E-state index is -0.452. The van der Waals surface area contributed by atoms with Crippen LogP contribution in [-0.4, -0.2) is 40.9 Å². The molecule has 1 fully saturated rings. The third-order valence-electron chi connectivity index (χ3n) is 3.10. The first kappa shape index (κ1) is 11.6. The largest absolute Gasteiger partial charge is 0.392 e. The number of aliphatic hydroxyl groups excluding tert-OH is 2. The maximum atomic E-state index is 10.0. The molecule has 88 valence electrons. The van der Waals surface area contributed by atoms with Gasteiger partial charge in [-0.3, -0.25) is 4.90 Å². The summed E-state index contributed by atoms with van der Waals surface area (Å²) in [6.45, 7) is 2.27. The molecule has 3 nitrogen and oxygen atoms in total. The predicted octanol–water partition coefficient (Wildman–Crippen LogP) is 1.18. The van der Waals surface area contributed by atoms with Crippen molar-refractivity contribution in [1.29, 1.82) is 0 Å². The molecule has 0 amide bonds. The van der Waals surface area contributed by atoms with Crippen molar-refractivity contribution in [2.45, 2.75) is 25.0 Å². The minimum Gasteiger partial charge on any atom is -0.392 e. The van der Waals surface area contributed by atoms with E-state index in [9.17, 15) is 10.2 Å². The molecule has 2 N–H and O–H groups in total. The van der Waals surface area contributed by atoms with Crippen molar-refractivity contribution in [3.63, 3.8) is 0 Å². The van der Waals surface area contributed by atoms with Crippen molar-refractivity contribution in [3.05, 3.63) is 35.9 Å². The first-order valence-corrected chi connectivity index (χ1v) is 5.89. The van der Waals surface area contributed by atoms with Gasteiger partial charge in [-0.1, -0.05) is 30.3 Å². The van der Waals surface area contributed by atoms with Crippen molar-refractivity contribution >= 4 is 0 Å². The van der Waals surface area contributed by atoms with Crippen LogP contribution in [0.1, 0.15) is 24.5 Å². The standard InChI is InChI=1S/C13H19NO2/c15-12-7-4-8-14(9-12)10-13(16)11-5-2-1-3-6-11/h1-3,5-6,12-13,15-16H,4,7-10H2/t12-,13-/m1/s1. The van der Waals surface area contributed by atoms with Gasteiger partial charge in [0.1, 0.15) is 0 Å². The van der Waals surface area contributed by atoms with E-state index < -0.39 is 6.10 Å². The Hall–Kier alpha value is -0.900. The van der Waals surface area contributed by atoms with E-state index in [1.807, 2.05) is 30.3 Å². The highest BCUT2D eigenvalue weighted by atomic mass is 16.3. The van der Waals surface area contributed by atoms with Crippen molar-refractivity contribution in [2.24, 2.45) is 0 Å². The molecule has 0 aliphatic carbocycles. The van der Waals surface area contributed by atoms with Crippen LogP contribution in [0.25, 0.3) is 0 Å². The molecule has 1 aliphatic rings. The van der Waals surface area contributed by atoms with Crippen molar-refractivity contribution in [3.8, 4) is 0 Å². The summed E-state index contributed by atoms with van der Waals surface area (Å²) < 4.78 is 0. The van der Waals surface area contributed by atoms with Gasteiger partial charge >= 0.3 is 0 Å². The van der Waals surface area contributed by atoms with Gasteiger partial charge in [-0.2, -0.15) is 0 Å². The molecule has 2 rings (SSSR count). The Morgan fingerprint density at radius 2 is 2.06 bits per heavy atom. The molecule has 16 heavy (non-hydrogen) atoms. The number of aliphatic hydroxyl groups is 2. The Morgan fingerprint density at radius 1 is 1.31 bits per heavy atom. The summed E-state index contributed by atoms with van der Waals surface area (Å²) in [4.78, 5) is 2.13. The van der Waals surface area contributed by atoms with E-state index in [4.69, 9.17) is 0 Å². The zero-order chi connectivity index (χ0) is 11.4. The van der Waals surface area contributed by atoms with E-state index in [0.29, 0.717) is 13.1 Å². The summed E-state index contributed by atoms with van der Waals surface area (Å²) in [6.07, 6.45) is 1.23. The van der Waals surface area contributed by atoms with Gasteiger partial charge in [0.25, 0.3) is 0 Å². The lowest BCUT2D eigenvalue weighted by Crippen LogP contribution is -2.40. The average Bonchev–Trinajstić information content (AvgIpc) is 2.30. The first-order chi connectivity index (χ1) is 7.75. The molecule has 3 heteroatoms. The first-order valence-electron chi connectivity index (χ1n) is 5.89. The zero-order valence-electron chi connectivity index (χ0n) is 9.42. The highest BCUT2D eigenvalue weighted by Gasteiger charge is 2.20. The van der Waals surface area contributed by atoms with Gasteiger partial charge in [-0.25, -0.2) is 0 Å². The average molecular weight is 221 g/mol. The van der Waals surface area contributed by atoms with Gasteiger partial charge in [0.05, 0.1) is 12.2 Å². The second kappa shape index (κ2) is 5.43. The lowest BCUT2D eigenvalue weighted by atomic mass is 10.1. The molecule has 1 aromatic carbocycles. The number of hydrogen-bond donors (Lipinski definition) is 2. The van der Waals surface area contributed by atoms with Crippen LogP contribution in [0.2, 0.25) is 0 Å². The topological polar surface area (TPSA) is 43.7 Å². The summed E-state index contributed by atoms with van der Waals surface area (Å²) in [5.41, 5.74) is 0.947. The fourth-order valence-corrected chi connectivity index (χ4v) is 2.22. The lowest BCUT2D eigenvalue weighted by Gasteiger charge is -2.31. The Morgan fingerprint density at radius 3 is 2.75 bits per heavy atom. The fourth-order valence-electron chi connectivity index (χ4n) is 2.22. The summed E-state index contributed by atoms with van der Waals surface area (Å²) in [5, 5.41) is 19.6. The van der Waals surface area contributed by atoms with Gasteiger partial charge in [0.2, 0.25) is 0 Å². The van der Waals surface area contributed by atoms with Gasteiger partial charge in [0, 0.05) is 13.1 Å². The highest BCUT2D eigenvalue weighted by molar-refractivity contribution is 5.17.